The molecule has 0 aliphatic carbocycles. The number of hydrogen-bond acceptors (Lipinski definition) is 6. The third kappa shape index (κ3) is 5.19. The van der Waals surface area contributed by atoms with Crippen molar-refractivity contribution in [2.45, 2.75) is 50.2 Å². The van der Waals surface area contributed by atoms with E-state index in [9.17, 15) is 9.59 Å². The number of H-pyrrole nitrogens is 1. The molecule has 0 radical (unpaired) electrons. The van der Waals surface area contributed by atoms with Crippen LogP contribution in [0.5, 0.6) is 0 Å². The third-order valence-corrected chi connectivity index (χ3v) is 6.35. The molecule has 3 N–H and O–H groups in total. The molecule has 4 rings (SSSR count). The molecule has 1 aromatic carbocycles. The van der Waals surface area contributed by atoms with Crippen molar-refractivity contribution in [2.75, 3.05) is 13.1 Å². The number of esters is 1. The zero-order chi connectivity index (χ0) is 22.0. The lowest BCUT2D eigenvalue weighted by atomic mass is 9.90. The second-order valence-electron chi connectivity index (χ2n) is 8.88. The maximum absolute atomic E-state index is 12.8. The molecule has 1 saturated heterocycles. The maximum Gasteiger partial charge on any atom is 0.329 e. The number of ether oxygens (including phenoxy) is 1. The Kier molecular flexibility index (Phi) is 6.20. The Bertz CT molecular complexity index is 1040. The van der Waals surface area contributed by atoms with E-state index in [0.29, 0.717) is 0 Å². The molecule has 8 heteroatoms. The van der Waals surface area contributed by atoms with E-state index < -0.39 is 11.6 Å². The molecule has 31 heavy (non-hydrogen) atoms. The lowest BCUT2D eigenvalue weighted by molar-refractivity contribution is -0.160. The van der Waals surface area contributed by atoms with E-state index in [1.807, 2.05) is 45.0 Å². The highest BCUT2D eigenvalue weighted by Gasteiger charge is 2.33. The Balaban J connectivity index is 1.46. The second-order valence-corrected chi connectivity index (χ2v) is 9.99. The predicted molar refractivity (Wildman–Crippen MR) is 122 cm³/mol. The van der Waals surface area contributed by atoms with E-state index in [1.54, 1.807) is 17.8 Å². The van der Waals surface area contributed by atoms with Gasteiger partial charge in [0.2, 0.25) is 5.91 Å². The summed E-state index contributed by atoms with van der Waals surface area (Å²) in [5.41, 5.74) is 1.26. The number of aromatic nitrogens is 2. The topological polar surface area (TPSA) is 96.1 Å². The highest BCUT2D eigenvalue weighted by Crippen LogP contribution is 2.40. The van der Waals surface area contributed by atoms with Gasteiger partial charge in [0.15, 0.2) is 0 Å². The van der Waals surface area contributed by atoms with Crippen molar-refractivity contribution in [3.63, 3.8) is 0 Å². The first kappa shape index (κ1) is 21.6. The number of amides is 1. The Morgan fingerprint density at radius 2 is 2.06 bits per heavy atom. The molecule has 2 aliphatic heterocycles. The number of hydrogen-bond donors (Lipinski definition) is 3. The van der Waals surface area contributed by atoms with Crippen LogP contribution in [-0.4, -0.2) is 46.8 Å². The number of piperidine rings is 1. The van der Waals surface area contributed by atoms with Gasteiger partial charge in [-0.25, -0.2) is 4.79 Å². The highest BCUT2D eigenvalue weighted by atomic mass is 32.2. The Morgan fingerprint density at radius 1 is 1.29 bits per heavy atom. The SMILES string of the molecule is CC(C)(C)OC(=O)C(NC(=O)C=CC1=Cc2n[nH]c3cccc(c23)S1)C1CCNCC1. The standard InChI is InChI=1S/C23H28N4O3S/c1-23(2,3)30-22(29)21(14-9-11-24-12-10-14)25-19(28)8-7-15-13-17-20-16(26-27-17)5-4-6-18(20)31-15/h4-8,13-14,21,24H,9-12H2,1-3H3,(H,25,28)(H,26,27). The van der Waals surface area contributed by atoms with E-state index in [0.717, 1.165) is 52.3 Å². The highest BCUT2D eigenvalue weighted by molar-refractivity contribution is 8.03. The van der Waals surface area contributed by atoms with Gasteiger partial charge >= 0.3 is 5.97 Å². The van der Waals surface area contributed by atoms with Crippen molar-refractivity contribution in [2.24, 2.45) is 5.92 Å². The Labute approximate surface area is 186 Å². The molecule has 0 saturated carbocycles. The quantitative estimate of drug-likeness (QED) is 0.487. The van der Waals surface area contributed by atoms with Crippen molar-refractivity contribution in [1.29, 1.82) is 0 Å². The summed E-state index contributed by atoms with van der Waals surface area (Å²) >= 11 is 1.59. The number of aromatic amines is 1. The van der Waals surface area contributed by atoms with Crippen LogP contribution in [0, 0.1) is 5.92 Å². The Hall–Kier alpha value is -2.58. The van der Waals surface area contributed by atoms with Gasteiger partial charge in [-0.3, -0.25) is 9.89 Å². The average Bonchev–Trinajstić information content (AvgIpc) is 3.14. The van der Waals surface area contributed by atoms with Gasteiger partial charge in [-0.05, 0) is 76.9 Å². The van der Waals surface area contributed by atoms with Gasteiger partial charge in [-0.1, -0.05) is 17.8 Å². The minimum atomic E-state index is -0.654. The van der Waals surface area contributed by atoms with Crippen molar-refractivity contribution in [3.8, 4) is 0 Å². The molecule has 1 fully saturated rings. The molecule has 1 atom stereocenters. The van der Waals surface area contributed by atoms with Crippen LogP contribution in [0.4, 0.5) is 0 Å². The van der Waals surface area contributed by atoms with E-state index in [2.05, 4.69) is 20.8 Å². The van der Waals surface area contributed by atoms with Crippen LogP contribution >= 0.6 is 11.8 Å². The first-order valence-corrected chi connectivity index (χ1v) is 11.4. The summed E-state index contributed by atoms with van der Waals surface area (Å²) in [6.45, 7) is 7.17. The number of carbonyl (C=O) groups is 2. The minimum Gasteiger partial charge on any atom is -0.458 e. The Morgan fingerprint density at radius 3 is 2.81 bits per heavy atom. The van der Waals surface area contributed by atoms with Crippen LogP contribution in [-0.2, 0) is 14.3 Å². The van der Waals surface area contributed by atoms with Crippen molar-refractivity contribution in [1.82, 2.24) is 20.8 Å². The molecular formula is C23H28N4O3S. The summed E-state index contributed by atoms with van der Waals surface area (Å²) < 4.78 is 5.59. The molecule has 0 bridgehead atoms. The lowest BCUT2D eigenvalue weighted by Gasteiger charge is -2.31. The number of carbonyl (C=O) groups excluding carboxylic acids is 2. The van der Waals surface area contributed by atoms with E-state index in [4.69, 9.17) is 4.74 Å². The fraction of sp³-hybridized carbons (Fsp3) is 0.435. The molecule has 7 nitrogen and oxygen atoms in total. The third-order valence-electron chi connectivity index (χ3n) is 5.30. The summed E-state index contributed by atoms with van der Waals surface area (Å²) in [6, 6.07) is 5.37. The fourth-order valence-corrected chi connectivity index (χ4v) is 4.92. The summed E-state index contributed by atoms with van der Waals surface area (Å²) in [7, 11) is 0. The van der Waals surface area contributed by atoms with Gasteiger partial charge in [0.05, 0.1) is 11.2 Å². The van der Waals surface area contributed by atoms with Crippen LogP contribution in [0.25, 0.3) is 17.0 Å². The molecular weight excluding hydrogens is 412 g/mol. The lowest BCUT2D eigenvalue weighted by Crippen LogP contribution is -2.50. The number of nitrogens with zero attached hydrogens (tertiary/aromatic N) is 1. The molecule has 3 heterocycles. The average molecular weight is 441 g/mol. The fourth-order valence-electron chi connectivity index (χ4n) is 3.90. The van der Waals surface area contributed by atoms with Gasteiger partial charge in [-0.15, -0.1) is 0 Å². The summed E-state index contributed by atoms with van der Waals surface area (Å²) in [6.07, 6.45) is 6.85. The van der Waals surface area contributed by atoms with E-state index >= 15 is 0 Å². The maximum atomic E-state index is 12.8. The molecule has 1 amide bonds. The first-order chi connectivity index (χ1) is 14.8. The van der Waals surface area contributed by atoms with Gasteiger partial charge < -0.3 is 15.4 Å². The molecule has 1 unspecified atom stereocenters. The monoisotopic (exact) mass is 440 g/mol. The summed E-state index contributed by atoms with van der Waals surface area (Å²) in [4.78, 5) is 27.5. The molecule has 0 spiro atoms. The predicted octanol–water partition coefficient (Wildman–Crippen LogP) is 3.39. The number of rotatable bonds is 5. The molecule has 164 valence electrons. The number of allylic oxidation sites excluding steroid dienone is 1. The molecule has 2 aromatic rings. The smallest absolute Gasteiger partial charge is 0.329 e. The van der Waals surface area contributed by atoms with Crippen LogP contribution in [0.1, 0.15) is 39.3 Å². The zero-order valence-corrected chi connectivity index (χ0v) is 18.8. The number of thioether (sulfide) groups is 1. The summed E-state index contributed by atoms with van der Waals surface area (Å²) in [5.74, 6) is -0.622. The van der Waals surface area contributed by atoms with Crippen LogP contribution in [0.3, 0.4) is 0 Å². The number of nitrogens with one attached hydrogen (secondary N) is 3. The second kappa shape index (κ2) is 8.88. The van der Waals surface area contributed by atoms with Gasteiger partial charge in [0.25, 0.3) is 0 Å². The van der Waals surface area contributed by atoms with E-state index in [-0.39, 0.29) is 17.8 Å². The van der Waals surface area contributed by atoms with Crippen LogP contribution in [0.2, 0.25) is 0 Å². The largest absolute Gasteiger partial charge is 0.458 e. The molecule has 1 aromatic heterocycles. The van der Waals surface area contributed by atoms with Gasteiger partial charge in [0, 0.05) is 21.3 Å². The van der Waals surface area contributed by atoms with Crippen molar-refractivity contribution >= 4 is 40.6 Å². The van der Waals surface area contributed by atoms with Gasteiger partial charge in [-0.2, -0.15) is 5.10 Å². The summed E-state index contributed by atoms with van der Waals surface area (Å²) in [5, 5.41) is 14.7. The van der Waals surface area contributed by atoms with Crippen molar-refractivity contribution < 1.29 is 14.3 Å². The normalized spacial score (nSPS) is 18.1. The van der Waals surface area contributed by atoms with Crippen LogP contribution < -0.4 is 10.6 Å². The van der Waals surface area contributed by atoms with Crippen LogP contribution in [0.15, 0.2) is 40.2 Å². The number of benzene rings is 1. The van der Waals surface area contributed by atoms with Gasteiger partial charge in [0.1, 0.15) is 11.6 Å². The first-order valence-electron chi connectivity index (χ1n) is 10.6. The molecule has 2 aliphatic rings. The van der Waals surface area contributed by atoms with E-state index in [1.165, 1.54) is 6.08 Å². The minimum absolute atomic E-state index is 0.0564. The van der Waals surface area contributed by atoms with Crippen molar-refractivity contribution in [3.05, 3.63) is 41.0 Å². The zero-order valence-electron chi connectivity index (χ0n) is 18.0.